The number of carbonyl (C=O) groups excluding carboxylic acids is 1. The van der Waals surface area contributed by atoms with E-state index in [4.69, 9.17) is 27.9 Å². The van der Waals surface area contributed by atoms with E-state index < -0.39 is 16.6 Å². The fourth-order valence-electron chi connectivity index (χ4n) is 1.50. The summed E-state index contributed by atoms with van der Waals surface area (Å²) in [6.45, 7) is 5.75. The van der Waals surface area contributed by atoms with Crippen molar-refractivity contribution in [3.63, 3.8) is 0 Å². The van der Waals surface area contributed by atoms with Gasteiger partial charge in [0.25, 0.3) is 5.69 Å². The van der Waals surface area contributed by atoms with E-state index >= 15 is 0 Å². The number of rotatable bonds is 5. The van der Waals surface area contributed by atoms with Crippen molar-refractivity contribution in [2.24, 2.45) is 0 Å². The Morgan fingerprint density at radius 1 is 1.27 bits per heavy atom. The Morgan fingerprint density at radius 2 is 1.86 bits per heavy atom. The Kier molecular flexibility index (Phi) is 6.25. The topological polar surface area (TPSA) is 93.5 Å². The van der Waals surface area contributed by atoms with Gasteiger partial charge in [-0.15, -0.1) is 0 Å². The Morgan fingerprint density at radius 3 is 2.41 bits per heavy atom. The summed E-state index contributed by atoms with van der Waals surface area (Å²) in [5, 5.41) is 16.6. The molecule has 0 unspecified atom stereocenters. The summed E-state index contributed by atoms with van der Waals surface area (Å²) in [6.07, 6.45) is -0.557. The van der Waals surface area contributed by atoms with Gasteiger partial charge in [-0.05, 0) is 26.8 Å². The van der Waals surface area contributed by atoms with E-state index in [0.717, 1.165) is 0 Å². The summed E-state index contributed by atoms with van der Waals surface area (Å²) in [5.74, 6) is 0. The molecular formula is C13H17Cl2N3O4. The lowest BCUT2D eigenvalue weighted by atomic mass is 10.2. The van der Waals surface area contributed by atoms with Crippen LogP contribution in [0.25, 0.3) is 0 Å². The number of benzene rings is 1. The van der Waals surface area contributed by atoms with Crippen LogP contribution in [0.4, 0.5) is 16.2 Å². The quantitative estimate of drug-likeness (QED) is 0.478. The summed E-state index contributed by atoms with van der Waals surface area (Å²) < 4.78 is 5.06. The monoisotopic (exact) mass is 349 g/mol. The fraction of sp³-hybridized carbons (Fsp3) is 0.462. The lowest BCUT2D eigenvalue weighted by Crippen LogP contribution is -2.35. The number of halogens is 2. The molecule has 0 heterocycles. The molecule has 1 aromatic rings. The largest absolute Gasteiger partial charge is 0.444 e. The number of amides is 1. The molecule has 0 aliphatic heterocycles. The molecule has 2 N–H and O–H groups in total. The van der Waals surface area contributed by atoms with E-state index in [1.165, 1.54) is 12.1 Å². The van der Waals surface area contributed by atoms with Crippen molar-refractivity contribution in [2.75, 3.05) is 18.4 Å². The van der Waals surface area contributed by atoms with Gasteiger partial charge in [-0.3, -0.25) is 10.1 Å². The number of hydrogen-bond donors (Lipinski definition) is 2. The predicted molar refractivity (Wildman–Crippen MR) is 85.8 cm³/mol. The third-order valence-electron chi connectivity index (χ3n) is 2.34. The first kappa shape index (κ1) is 18.3. The van der Waals surface area contributed by atoms with Crippen LogP contribution < -0.4 is 10.6 Å². The van der Waals surface area contributed by atoms with Gasteiger partial charge in [-0.2, -0.15) is 0 Å². The minimum absolute atomic E-state index is 0.103. The Labute approximate surface area is 138 Å². The van der Waals surface area contributed by atoms with E-state index in [0.29, 0.717) is 0 Å². The van der Waals surface area contributed by atoms with Gasteiger partial charge in [0, 0.05) is 19.2 Å². The number of hydrogen-bond acceptors (Lipinski definition) is 5. The molecule has 0 atom stereocenters. The molecule has 122 valence electrons. The normalized spacial score (nSPS) is 11.0. The molecule has 22 heavy (non-hydrogen) atoms. The maximum atomic E-state index is 11.4. The molecule has 0 saturated carbocycles. The molecule has 1 amide bonds. The van der Waals surface area contributed by atoms with Crippen molar-refractivity contribution < 1.29 is 14.5 Å². The van der Waals surface area contributed by atoms with Crippen molar-refractivity contribution in [1.29, 1.82) is 0 Å². The van der Waals surface area contributed by atoms with E-state index in [-0.39, 0.29) is 34.5 Å². The molecular weight excluding hydrogens is 333 g/mol. The summed E-state index contributed by atoms with van der Waals surface area (Å²) >= 11 is 11.6. The molecule has 0 aliphatic carbocycles. The highest BCUT2D eigenvalue weighted by Crippen LogP contribution is 2.33. The second kappa shape index (κ2) is 7.51. The van der Waals surface area contributed by atoms with E-state index in [9.17, 15) is 14.9 Å². The molecule has 7 nitrogen and oxygen atoms in total. The van der Waals surface area contributed by atoms with Gasteiger partial charge in [-0.1, -0.05) is 23.2 Å². The third-order valence-corrected chi connectivity index (χ3v) is 3.07. The minimum atomic E-state index is -0.583. The Hall–Kier alpha value is -1.73. The highest BCUT2D eigenvalue weighted by molar-refractivity contribution is 6.42. The van der Waals surface area contributed by atoms with Crippen LogP contribution in [0.1, 0.15) is 20.8 Å². The average molecular weight is 350 g/mol. The van der Waals surface area contributed by atoms with Gasteiger partial charge in [0.2, 0.25) is 0 Å². The number of anilines is 1. The van der Waals surface area contributed by atoms with Crippen LogP contribution in [0.2, 0.25) is 10.0 Å². The van der Waals surface area contributed by atoms with Gasteiger partial charge in [-0.25, -0.2) is 4.79 Å². The molecule has 0 aromatic heterocycles. The molecule has 9 heteroatoms. The Bertz CT molecular complexity index is 573. The zero-order valence-electron chi connectivity index (χ0n) is 12.4. The minimum Gasteiger partial charge on any atom is -0.444 e. The molecule has 0 radical (unpaired) electrons. The van der Waals surface area contributed by atoms with Crippen molar-refractivity contribution in [3.8, 4) is 0 Å². The van der Waals surface area contributed by atoms with E-state index in [1.807, 2.05) is 0 Å². The Balaban J connectivity index is 2.57. The zero-order valence-corrected chi connectivity index (χ0v) is 13.9. The second-order valence-electron chi connectivity index (χ2n) is 5.40. The third kappa shape index (κ3) is 5.95. The van der Waals surface area contributed by atoms with Gasteiger partial charge in [0.15, 0.2) is 0 Å². The average Bonchev–Trinajstić information content (AvgIpc) is 2.35. The van der Waals surface area contributed by atoms with Gasteiger partial charge < -0.3 is 15.4 Å². The van der Waals surface area contributed by atoms with Crippen LogP contribution in [0.3, 0.4) is 0 Å². The standard InChI is InChI=1S/C13H17Cl2N3O4/c1-13(2,3)22-12(19)17-5-4-16-10-6-8(14)9(15)7-11(10)18(20)21/h6-7,16H,4-5H2,1-3H3,(H,17,19). The zero-order chi connectivity index (χ0) is 16.9. The molecule has 0 aliphatic rings. The molecule has 0 spiro atoms. The van der Waals surface area contributed by atoms with Crippen LogP contribution in [-0.4, -0.2) is 29.7 Å². The summed E-state index contributed by atoms with van der Waals surface area (Å²) in [5.41, 5.74) is -0.544. The predicted octanol–water partition coefficient (Wildman–Crippen LogP) is 3.84. The fourth-order valence-corrected chi connectivity index (χ4v) is 1.83. The lowest BCUT2D eigenvalue weighted by Gasteiger charge is -2.19. The summed E-state index contributed by atoms with van der Waals surface area (Å²) in [4.78, 5) is 21.8. The summed E-state index contributed by atoms with van der Waals surface area (Å²) in [6, 6.07) is 2.54. The van der Waals surface area contributed by atoms with Crippen molar-refractivity contribution >= 4 is 40.7 Å². The first-order chi connectivity index (χ1) is 10.1. The SMILES string of the molecule is CC(C)(C)OC(=O)NCCNc1cc(Cl)c(Cl)cc1[N+](=O)[O-]. The van der Waals surface area contributed by atoms with Crippen molar-refractivity contribution in [2.45, 2.75) is 26.4 Å². The van der Waals surface area contributed by atoms with Crippen LogP contribution in [0, 0.1) is 10.1 Å². The van der Waals surface area contributed by atoms with Crippen LogP contribution >= 0.6 is 23.2 Å². The molecule has 1 rings (SSSR count). The van der Waals surface area contributed by atoms with Crippen LogP contribution in [-0.2, 0) is 4.74 Å². The first-order valence-electron chi connectivity index (χ1n) is 6.44. The van der Waals surface area contributed by atoms with E-state index in [1.54, 1.807) is 20.8 Å². The molecule has 0 saturated heterocycles. The molecule has 0 bridgehead atoms. The number of nitro benzene ring substituents is 1. The maximum Gasteiger partial charge on any atom is 0.407 e. The van der Waals surface area contributed by atoms with E-state index in [2.05, 4.69) is 10.6 Å². The molecule has 0 fully saturated rings. The number of ether oxygens (including phenoxy) is 1. The first-order valence-corrected chi connectivity index (χ1v) is 7.20. The second-order valence-corrected chi connectivity index (χ2v) is 6.21. The molecule has 1 aromatic carbocycles. The number of nitrogens with zero attached hydrogens (tertiary/aromatic N) is 1. The number of alkyl carbamates (subject to hydrolysis) is 1. The maximum absolute atomic E-state index is 11.4. The van der Waals surface area contributed by atoms with Crippen molar-refractivity contribution in [1.82, 2.24) is 5.32 Å². The van der Waals surface area contributed by atoms with Crippen LogP contribution in [0.5, 0.6) is 0 Å². The smallest absolute Gasteiger partial charge is 0.407 e. The summed E-state index contributed by atoms with van der Waals surface area (Å²) in [7, 11) is 0. The number of carbonyl (C=O) groups is 1. The lowest BCUT2D eigenvalue weighted by molar-refractivity contribution is -0.383. The van der Waals surface area contributed by atoms with Gasteiger partial charge in [0.1, 0.15) is 11.3 Å². The van der Waals surface area contributed by atoms with Gasteiger partial charge >= 0.3 is 6.09 Å². The van der Waals surface area contributed by atoms with Gasteiger partial charge in [0.05, 0.1) is 15.0 Å². The number of nitrogens with one attached hydrogen (secondary N) is 2. The van der Waals surface area contributed by atoms with Crippen LogP contribution in [0.15, 0.2) is 12.1 Å². The number of nitro groups is 1. The van der Waals surface area contributed by atoms with Crippen molar-refractivity contribution in [3.05, 3.63) is 32.3 Å². The highest BCUT2D eigenvalue weighted by Gasteiger charge is 2.17. The highest BCUT2D eigenvalue weighted by atomic mass is 35.5.